The van der Waals surface area contributed by atoms with E-state index in [0.717, 1.165) is 26.1 Å². The molecule has 5 heteroatoms. The largest absolute Gasteiger partial charge is 0.313 e. The van der Waals surface area contributed by atoms with Gasteiger partial charge in [0.25, 0.3) is 0 Å². The van der Waals surface area contributed by atoms with Crippen molar-refractivity contribution in [2.45, 2.75) is 45.6 Å². The van der Waals surface area contributed by atoms with Crippen LogP contribution in [0.3, 0.4) is 0 Å². The fourth-order valence-electron chi connectivity index (χ4n) is 2.45. The quantitative estimate of drug-likeness (QED) is 0.725. The number of nitrogens with zero attached hydrogens (tertiary/aromatic N) is 1. The van der Waals surface area contributed by atoms with Gasteiger partial charge in [-0.1, -0.05) is 20.3 Å². The number of hydrogen-bond donors (Lipinski definition) is 1. The highest BCUT2D eigenvalue weighted by atomic mass is 32.2. The molecule has 0 aromatic carbocycles. The molecule has 1 aliphatic rings. The van der Waals surface area contributed by atoms with E-state index in [2.05, 4.69) is 17.1 Å². The van der Waals surface area contributed by atoms with Crippen LogP contribution in [0.4, 0.5) is 0 Å². The molecule has 0 bridgehead atoms. The number of hydrogen-bond acceptors (Lipinski definition) is 4. The molecule has 0 aromatic rings. The first-order valence-electron chi connectivity index (χ1n) is 7.23. The predicted octanol–water partition coefficient (Wildman–Crippen LogP) is 1.28. The highest BCUT2D eigenvalue weighted by Gasteiger charge is 2.17. The minimum atomic E-state index is -2.84. The molecule has 0 aromatic heterocycles. The minimum absolute atomic E-state index is 0.307. The second-order valence-electron chi connectivity index (χ2n) is 5.19. The van der Waals surface area contributed by atoms with Crippen molar-refractivity contribution in [2.75, 3.05) is 37.7 Å². The molecule has 4 nitrogen and oxygen atoms in total. The van der Waals surface area contributed by atoms with E-state index in [-0.39, 0.29) is 0 Å². The summed E-state index contributed by atoms with van der Waals surface area (Å²) >= 11 is 0. The summed E-state index contributed by atoms with van der Waals surface area (Å²) in [6.45, 7) is 7.72. The van der Waals surface area contributed by atoms with E-state index in [1.807, 2.05) is 6.92 Å². The average molecular weight is 276 g/mol. The molecule has 0 radical (unpaired) electrons. The van der Waals surface area contributed by atoms with Gasteiger partial charge in [0.15, 0.2) is 9.84 Å². The lowest BCUT2D eigenvalue weighted by Gasteiger charge is -2.29. The van der Waals surface area contributed by atoms with Crippen molar-refractivity contribution in [2.24, 2.45) is 0 Å². The third-order valence-corrected chi connectivity index (χ3v) is 5.41. The first kappa shape index (κ1) is 15.9. The van der Waals surface area contributed by atoms with E-state index in [0.29, 0.717) is 24.1 Å². The van der Waals surface area contributed by atoms with Gasteiger partial charge >= 0.3 is 0 Å². The van der Waals surface area contributed by atoms with Gasteiger partial charge in [0.2, 0.25) is 0 Å². The molecule has 18 heavy (non-hydrogen) atoms. The Labute approximate surface area is 112 Å². The number of sulfone groups is 1. The fourth-order valence-corrected chi connectivity index (χ4v) is 3.81. The molecule has 1 N–H and O–H groups in total. The smallest absolute Gasteiger partial charge is 0.151 e. The van der Waals surface area contributed by atoms with Gasteiger partial charge in [-0.25, -0.2) is 8.42 Å². The average Bonchev–Trinajstić information content (AvgIpc) is 2.35. The standard InChI is InChI=1S/C13H28N2O2S/c1-3-10-18(16,17)11-9-15(4-2)12-13-7-5-6-8-14-13/h13-14H,3-12H2,1-2H3. The molecule has 1 saturated heterocycles. The summed E-state index contributed by atoms with van der Waals surface area (Å²) < 4.78 is 23.4. The maximum Gasteiger partial charge on any atom is 0.151 e. The lowest BCUT2D eigenvalue weighted by atomic mass is 10.0. The van der Waals surface area contributed by atoms with Crippen molar-refractivity contribution in [3.63, 3.8) is 0 Å². The Balaban J connectivity index is 2.32. The van der Waals surface area contributed by atoms with Gasteiger partial charge in [-0.15, -0.1) is 0 Å². The van der Waals surface area contributed by atoms with Crippen LogP contribution in [0.25, 0.3) is 0 Å². The lowest BCUT2D eigenvalue weighted by Crippen LogP contribution is -2.44. The highest BCUT2D eigenvalue weighted by molar-refractivity contribution is 7.91. The molecule has 1 heterocycles. The monoisotopic (exact) mass is 276 g/mol. The molecule has 0 saturated carbocycles. The van der Waals surface area contributed by atoms with Crippen molar-refractivity contribution in [3.05, 3.63) is 0 Å². The Morgan fingerprint density at radius 2 is 2.00 bits per heavy atom. The molecule has 0 spiro atoms. The number of nitrogens with one attached hydrogen (secondary N) is 1. The highest BCUT2D eigenvalue weighted by Crippen LogP contribution is 2.08. The van der Waals surface area contributed by atoms with E-state index in [9.17, 15) is 8.42 Å². The van der Waals surface area contributed by atoms with E-state index >= 15 is 0 Å². The van der Waals surface area contributed by atoms with Crippen LogP contribution in [-0.2, 0) is 9.84 Å². The van der Waals surface area contributed by atoms with Gasteiger partial charge in [-0.2, -0.15) is 0 Å². The maximum absolute atomic E-state index is 11.7. The van der Waals surface area contributed by atoms with Gasteiger partial charge in [0.05, 0.1) is 5.75 Å². The van der Waals surface area contributed by atoms with Crippen LogP contribution in [0.1, 0.15) is 39.5 Å². The second kappa shape index (κ2) is 8.12. The van der Waals surface area contributed by atoms with E-state index in [4.69, 9.17) is 0 Å². The van der Waals surface area contributed by atoms with Crippen LogP contribution in [0.5, 0.6) is 0 Å². The molecular formula is C13H28N2O2S. The first-order chi connectivity index (χ1) is 8.57. The van der Waals surface area contributed by atoms with Crippen LogP contribution in [0.2, 0.25) is 0 Å². The lowest BCUT2D eigenvalue weighted by molar-refractivity contribution is 0.243. The Hall–Kier alpha value is -0.130. The van der Waals surface area contributed by atoms with Crippen LogP contribution in [-0.4, -0.2) is 57.0 Å². The normalized spacial score (nSPS) is 21.4. The van der Waals surface area contributed by atoms with Crippen LogP contribution >= 0.6 is 0 Å². The molecule has 1 atom stereocenters. The zero-order chi connectivity index (χ0) is 13.4. The van der Waals surface area contributed by atoms with Crippen molar-refractivity contribution in [1.29, 1.82) is 0 Å². The predicted molar refractivity (Wildman–Crippen MR) is 76.7 cm³/mol. The third-order valence-electron chi connectivity index (χ3n) is 3.57. The van der Waals surface area contributed by atoms with Crippen molar-refractivity contribution in [1.82, 2.24) is 10.2 Å². The third kappa shape index (κ3) is 6.16. The van der Waals surface area contributed by atoms with Gasteiger partial charge in [-0.05, 0) is 32.4 Å². The second-order valence-corrected chi connectivity index (χ2v) is 7.50. The number of piperidine rings is 1. The van der Waals surface area contributed by atoms with Crippen molar-refractivity contribution < 1.29 is 8.42 Å². The van der Waals surface area contributed by atoms with Crippen LogP contribution in [0, 0.1) is 0 Å². The molecular weight excluding hydrogens is 248 g/mol. The summed E-state index contributed by atoms with van der Waals surface area (Å²) in [5.74, 6) is 0.633. The van der Waals surface area contributed by atoms with E-state index in [1.54, 1.807) is 0 Å². The van der Waals surface area contributed by atoms with E-state index in [1.165, 1.54) is 19.3 Å². The Morgan fingerprint density at radius 3 is 2.56 bits per heavy atom. The fraction of sp³-hybridized carbons (Fsp3) is 1.00. The number of rotatable bonds is 8. The molecule has 1 unspecified atom stereocenters. The zero-order valence-electron chi connectivity index (χ0n) is 11.8. The Kier molecular flexibility index (Phi) is 7.19. The summed E-state index contributed by atoms with van der Waals surface area (Å²) in [7, 11) is -2.84. The molecule has 0 amide bonds. The Morgan fingerprint density at radius 1 is 1.22 bits per heavy atom. The SMILES string of the molecule is CCCS(=O)(=O)CCN(CC)CC1CCCCN1. The van der Waals surface area contributed by atoms with Gasteiger partial charge in [-0.3, -0.25) is 0 Å². The van der Waals surface area contributed by atoms with Gasteiger partial charge in [0.1, 0.15) is 0 Å². The first-order valence-corrected chi connectivity index (χ1v) is 9.05. The van der Waals surface area contributed by atoms with E-state index < -0.39 is 9.84 Å². The summed E-state index contributed by atoms with van der Waals surface area (Å²) in [5.41, 5.74) is 0. The molecule has 1 rings (SSSR count). The minimum Gasteiger partial charge on any atom is -0.313 e. The summed E-state index contributed by atoms with van der Waals surface area (Å²) in [6, 6.07) is 0.549. The van der Waals surface area contributed by atoms with Crippen LogP contribution in [0.15, 0.2) is 0 Å². The molecule has 1 aliphatic heterocycles. The van der Waals surface area contributed by atoms with Gasteiger partial charge in [0, 0.05) is 24.9 Å². The number of likely N-dealkylation sites (N-methyl/N-ethyl adjacent to an activating group) is 1. The Bertz CT molecular complexity index is 311. The molecule has 0 aliphatic carbocycles. The van der Waals surface area contributed by atoms with Crippen LogP contribution < -0.4 is 5.32 Å². The van der Waals surface area contributed by atoms with Gasteiger partial charge < -0.3 is 10.2 Å². The summed E-state index contributed by atoms with van der Waals surface area (Å²) in [6.07, 6.45) is 4.51. The van der Waals surface area contributed by atoms with Crippen molar-refractivity contribution in [3.8, 4) is 0 Å². The molecule has 108 valence electrons. The molecule has 1 fully saturated rings. The topological polar surface area (TPSA) is 49.4 Å². The maximum atomic E-state index is 11.7. The summed E-state index contributed by atoms with van der Waals surface area (Å²) in [5, 5.41) is 3.52. The summed E-state index contributed by atoms with van der Waals surface area (Å²) in [4.78, 5) is 2.26. The van der Waals surface area contributed by atoms with Crippen molar-refractivity contribution >= 4 is 9.84 Å². The zero-order valence-corrected chi connectivity index (χ0v) is 12.6.